The van der Waals surface area contributed by atoms with Gasteiger partial charge in [0.2, 0.25) is 11.8 Å². The summed E-state index contributed by atoms with van der Waals surface area (Å²) in [5, 5.41) is 2.71. The van der Waals surface area contributed by atoms with Crippen LogP contribution in [0.3, 0.4) is 0 Å². The van der Waals surface area contributed by atoms with Gasteiger partial charge in [-0.1, -0.05) is 18.2 Å². The van der Waals surface area contributed by atoms with Crippen molar-refractivity contribution in [2.24, 2.45) is 0 Å². The first-order chi connectivity index (χ1) is 12.5. The Bertz CT molecular complexity index is 795. The summed E-state index contributed by atoms with van der Waals surface area (Å²) in [5.74, 6) is -0.245. The van der Waals surface area contributed by atoms with Crippen molar-refractivity contribution in [2.75, 3.05) is 25.7 Å². The van der Waals surface area contributed by atoms with E-state index in [1.807, 2.05) is 0 Å². The SMILES string of the molecule is COc1ccc(CNC(=O)CN(C(C)=O)c2ccccc2F)cc1OC. The van der Waals surface area contributed by atoms with E-state index < -0.39 is 17.6 Å². The zero-order valence-electron chi connectivity index (χ0n) is 14.9. The lowest BCUT2D eigenvalue weighted by Gasteiger charge is -2.21. The number of para-hydroxylation sites is 1. The zero-order valence-corrected chi connectivity index (χ0v) is 14.9. The minimum atomic E-state index is -0.560. The second kappa shape index (κ2) is 8.84. The number of hydrogen-bond acceptors (Lipinski definition) is 4. The normalized spacial score (nSPS) is 10.2. The van der Waals surface area contributed by atoms with Crippen LogP contribution in [0.15, 0.2) is 42.5 Å². The molecule has 0 aliphatic carbocycles. The van der Waals surface area contributed by atoms with Crippen molar-refractivity contribution < 1.29 is 23.5 Å². The summed E-state index contributed by atoms with van der Waals surface area (Å²) in [5.41, 5.74) is 0.873. The van der Waals surface area contributed by atoms with Crippen molar-refractivity contribution in [3.8, 4) is 11.5 Å². The van der Waals surface area contributed by atoms with E-state index in [-0.39, 0.29) is 18.8 Å². The molecule has 26 heavy (non-hydrogen) atoms. The maximum atomic E-state index is 13.9. The summed E-state index contributed by atoms with van der Waals surface area (Å²) < 4.78 is 24.3. The van der Waals surface area contributed by atoms with Crippen LogP contribution in [-0.4, -0.2) is 32.6 Å². The Labute approximate surface area is 151 Å². The maximum Gasteiger partial charge on any atom is 0.240 e. The number of carbonyl (C=O) groups excluding carboxylic acids is 2. The average Bonchev–Trinajstić information content (AvgIpc) is 2.64. The van der Waals surface area contributed by atoms with Gasteiger partial charge < -0.3 is 19.7 Å². The van der Waals surface area contributed by atoms with Crippen molar-refractivity contribution in [1.29, 1.82) is 0 Å². The molecule has 0 bridgehead atoms. The first-order valence-electron chi connectivity index (χ1n) is 7.96. The van der Waals surface area contributed by atoms with Crippen molar-refractivity contribution in [1.82, 2.24) is 5.32 Å². The molecule has 0 saturated carbocycles. The van der Waals surface area contributed by atoms with Crippen molar-refractivity contribution in [2.45, 2.75) is 13.5 Å². The summed E-state index contributed by atoms with van der Waals surface area (Å²) in [6.45, 7) is 1.25. The van der Waals surface area contributed by atoms with Crippen LogP contribution in [0.4, 0.5) is 10.1 Å². The number of hydrogen-bond donors (Lipinski definition) is 1. The number of nitrogens with one attached hydrogen (secondary N) is 1. The van der Waals surface area contributed by atoms with Crippen LogP contribution in [0.2, 0.25) is 0 Å². The van der Waals surface area contributed by atoms with Crippen molar-refractivity contribution in [3.63, 3.8) is 0 Å². The predicted molar refractivity (Wildman–Crippen MR) is 95.8 cm³/mol. The monoisotopic (exact) mass is 360 g/mol. The molecule has 0 aliphatic heterocycles. The molecule has 2 aromatic carbocycles. The molecule has 1 N–H and O–H groups in total. The molecular formula is C19H21FN2O4. The van der Waals surface area contributed by atoms with E-state index >= 15 is 0 Å². The van der Waals surface area contributed by atoms with E-state index in [1.54, 1.807) is 31.4 Å². The maximum absolute atomic E-state index is 13.9. The molecule has 0 aliphatic rings. The molecule has 2 rings (SSSR count). The Kier molecular flexibility index (Phi) is 6.54. The van der Waals surface area contributed by atoms with Crippen molar-refractivity contribution in [3.05, 3.63) is 53.8 Å². The third-order valence-electron chi connectivity index (χ3n) is 3.76. The highest BCUT2D eigenvalue weighted by molar-refractivity contribution is 5.97. The Morgan fingerprint density at radius 3 is 2.38 bits per heavy atom. The van der Waals surface area contributed by atoms with Gasteiger partial charge in [0.05, 0.1) is 19.9 Å². The fourth-order valence-corrected chi connectivity index (χ4v) is 2.43. The number of nitrogens with zero attached hydrogens (tertiary/aromatic N) is 1. The fraction of sp³-hybridized carbons (Fsp3) is 0.263. The molecule has 0 atom stereocenters. The minimum Gasteiger partial charge on any atom is -0.493 e. The van der Waals surface area contributed by atoms with Crippen LogP contribution in [0.25, 0.3) is 0 Å². The van der Waals surface area contributed by atoms with Crippen LogP contribution in [0.1, 0.15) is 12.5 Å². The van der Waals surface area contributed by atoms with Gasteiger partial charge in [0.1, 0.15) is 12.4 Å². The molecule has 0 heterocycles. The number of rotatable bonds is 7. The number of carbonyl (C=O) groups is 2. The van der Waals surface area contributed by atoms with Crippen LogP contribution >= 0.6 is 0 Å². The third-order valence-corrected chi connectivity index (χ3v) is 3.76. The average molecular weight is 360 g/mol. The number of anilines is 1. The topological polar surface area (TPSA) is 67.9 Å². The molecule has 2 amide bonds. The summed E-state index contributed by atoms with van der Waals surface area (Å²) in [7, 11) is 3.07. The smallest absolute Gasteiger partial charge is 0.240 e. The molecule has 2 aromatic rings. The van der Waals surface area contributed by atoms with Crippen LogP contribution in [-0.2, 0) is 16.1 Å². The summed E-state index contributed by atoms with van der Waals surface area (Å²) >= 11 is 0. The number of halogens is 1. The number of amides is 2. The van der Waals surface area contributed by atoms with Gasteiger partial charge in [0.25, 0.3) is 0 Å². The van der Waals surface area contributed by atoms with Gasteiger partial charge in [0, 0.05) is 13.5 Å². The molecule has 0 aromatic heterocycles. The second-order valence-corrected chi connectivity index (χ2v) is 5.52. The van der Waals surface area contributed by atoms with Gasteiger partial charge in [-0.15, -0.1) is 0 Å². The van der Waals surface area contributed by atoms with E-state index in [1.165, 1.54) is 32.2 Å². The molecule has 0 saturated heterocycles. The third kappa shape index (κ3) is 4.72. The Hall–Kier alpha value is -3.09. The fourth-order valence-electron chi connectivity index (χ4n) is 2.43. The van der Waals surface area contributed by atoms with E-state index in [2.05, 4.69) is 5.32 Å². The van der Waals surface area contributed by atoms with Gasteiger partial charge in [-0.05, 0) is 29.8 Å². The van der Waals surface area contributed by atoms with Gasteiger partial charge in [-0.3, -0.25) is 9.59 Å². The van der Waals surface area contributed by atoms with Gasteiger partial charge in [-0.2, -0.15) is 0 Å². The van der Waals surface area contributed by atoms with Crippen LogP contribution < -0.4 is 19.7 Å². The van der Waals surface area contributed by atoms with Crippen molar-refractivity contribution >= 4 is 17.5 Å². The standard InChI is InChI=1S/C19H21FN2O4/c1-13(23)22(16-7-5-4-6-15(16)20)12-19(24)21-11-14-8-9-17(25-2)18(10-14)26-3/h4-10H,11-12H2,1-3H3,(H,21,24). The van der Waals surface area contributed by atoms with E-state index in [0.717, 1.165) is 10.5 Å². The predicted octanol–water partition coefficient (Wildman–Crippen LogP) is 2.51. The lowest BCUT2D eigenvalue weighted by molar-refractivity contribution is -0.123. The van der Waals surface area contributed by atoms with Gasteiger partial charge in [-0.25, -0.2) is 4.39 Å². The molecule has 0 spiro atoms. The van der Waals surface area contributed by atoms with E-state index in [9.17, 15) is 14.0 Å². The highest BCUT2D eigenvalue weighted by Crippen LogP contribution is 2.27. The molecule has 7 heteroatoms. The van der Waals surface area contributed by atoms with Crippen LogP contribution in [0.5, 0.6) is 11.5 Å². The van der Waals surface area contributed by atoms with Gasteiger partial charge in [0.15, 0.2) is 11.5 Å². The quantitative estimate of drug-likeness (QED) is 0.824. The highest BCUT2D eigenvalue weighted by Gasteiger charge is 2.18. The Morgan fingerprint density at radius 1 is 1.08 bits per heavy atom. The largest absolute Gasteiger partial charge is 0.493 e. The minimum absolute atomic E-state index is 0.0706. The first-order valence-corrected chi connectivity index (χ1v) is 7.96. The summed E-state index contributed by atoms with van der Waals surface area (Å²) in [4.78, 5) is 25.1. The Balaban J connectivity index is 2.03. The number of ether oxygens (including phenoxy) is 2. The number of benzene rings is 2. The molecule has 0 fully saturated rings. The summed E-state index contributed by atoms with van der Waals surface area (Å²) in [6, 6.07) is 11.1. The van der Waals surface area contributed by atoms with E-state index in [0.29, 0.717) is 11.5 Å². The zero-order chi connectivity index (χ0) is 19.1. The molecule has 6 nitrogen and oxygen atoms in total. The summed E-state index contributed by atoms with van der Waals surface area (Å²) in [6.07, 6.45) is 0. The second-order valence-electron chi connectivity index (χ2n) is 5.52. The molecule has 138 valence electrons. The lowest BCUT2D eigenvalue weighted by atomic mass is 10.2. The van der Waals surface area contributed by atoms with Gasteiger partial charge >= 0.3 is 0 Å². The lowest BCUT2D eigenvalue weighted by Crippen LogP contribution is -2.40. The Morgan fingerprint density at radius 2 is 1.77 bits per heavy atom. The first kappa shape index (κ1) is 19.2. The number of methoxy groups -OCH3 is 2. The molecular weight excluding hydrogens is 339 g/mol. The molecule has 0 unspecified atom stereocenters. The van der Waals surface area contributed by atoms with E-state index in [4.69, 9.17) is 9.47 Å². The van der Waals surface area contributed by atoms with Crippen LogP contribution in [0, 0.1) is 5.82 Å². The molecule has 0 radical (unpaired) electrons. The highest BCUT2D eigenvalue weighted by atomic mass is 19.1.